The van der Waals surface area contributed by atoms with Crippen molar-refractivity contribution in [3.05, 3.63) is 0 Å². The summed E-state index contributed by atoms with van der Waals surface area (Å²) in [5, 5.41) is 40.4. The van der Waals surface area contributed by atoms with Crippen molar-refractivity contribution in [2.45, 2.75) is 24.4 Å². The molecule has 0 aliphatic rings. The molecule has 0 saturated heterocycles. The summed E-state index contributed by atoms with van der Waals surface area (Å²) in [7, 11) is 0. The van der Waals surface area contributed by atoms with E-state index in [0.717, 1.165) is 0 Å². The molecule has 0 unspecified atom stereocenters. The second-order valence-corrected chi connectivity index (χ2v) is 6.98. The summed E-state index contributed by atoms with van der Waals surface area (Å²) in [6.45, 7) is 2.17. The maximum Gasteiger partial charge on any atom is 0.110 e. The van der Waals surface area contributed by atoms with Crippen LogP contribution in [0.5, 0.6) is 0 Å². The number of hydrogen-bond acceptors (Lipinski definition) is 6. The second kappa shape index (κ2) is 15.0. The van der Waals surface area contributed by atoms with Crippen LogP contribution in [0.15, 0.2) is 0 Å². The number of alkyl halides is 4. The van der Waals surface area contributed by atoms with Gasteiger partial charge in [0.15, 0.2) is 0 Å². The van der Waals surface area contributed by atoms with E-state index in [-0.39, 0.29) is 13.1 Å². The molecule has 4 atom stereocenters. The molecule has 0 fully saturated rings. The molecule has 0 aromatic heterocycles. The van der Waals surface area contributed by atoms with Crippen molar-refractivity contribution < 1.29 is 20.4 Å². The van der Waals surface area contributed by atoms with Crippen LogP contribution in [0, 0.1) is 0 Å². The fourth-order valence-corrected chi connectivity index (χ4v) is 3.22. The first-order valence-electron chi connectivity index (χ1n) is 7.82. The van der Waals surface area contributed by atoms with Gasteiger partial charge in [-0.15, -0.1) is 46.4 Å². The minimum absolute atomic E-state index is 0.0947. The van der Waals surface area contributed by atoms with E-state index in [1.54, 1.807) is 9.80 Å². The molecule has 0 spiro atoms. The van der Waals surface area contributed by atoms with E-state index >= 15 is 0 Å². The van der Waals surface area contributed by atoms with Gasteiger partial charge in [0.2, 0.25) is 0 Å². The minimum atomic E-state index is -1.50. The van der Waals surface area contributed by atoms with E-state index in [0.29, 0.717) is 49.7 Å². The van der Waals surface area contributed by atoms with Crippen molar-refractivity contribution in [3.8, 4) is 0 Å². The first-order chi connectivity index (χ1) is 11.4. The van der Waals surface area contributed by atoms with E-state index < -0.39 is 24.4 Å². The molecule has 0 radical (unpaired) electrons. The van der Waals surface area contributed by atoms with Gasteiger partial charge in [0.1, 0.15) is 12.2 Å². The molecule has 6 nitrogen and oxygen atoms in total. The highest BCUT2D eigenvalue weighted by atomic mass is 35.5. The summed E-state index contributed by atoms with van der Waals surface area (Å²) >= 11 is 22.7. The van der Waals surface area contributed by atoms with Crippen LogP contribution in [-0.2, 0) is 0 Å². The van der Waals surface area contributed by atoms with Crippen LogP contribution >= 0.6 is 46.4 Å². The Labute approximate surface area is 163 Å². The monoisotopic (exact) mass is 428 g/mol. The van der Waals surface area contributed by atoms with Crippen LogP contribution in [0.1, 0.15) is 0 Å². The molecular formula is C14H28Cl4N2O4. The molecular weight excluding hydrogens is 402 g/mol. The first-order valence-corrected chi connectivity index (χ1v) is 9.95. The van der Waals surface area contributed by atoms with Crippen molar-refractivity contribution in [2.75, 3.05) is 62.8 Å². The van der Waals surface area contributed by atoms with Crippen molar-refractivity contribution in [3.63, 3.8) is 0 Å². The minimum Gasteiger partial charge on any atom is -0.389 e. The van der Waals surface area contributed by atoms with Gasteiger partial charge < -0.3 is 20.4 Å². The van der Waals surface area contributed by atoms with Crippen molar-refractivity contribution >= 4 is 46.4 Å². The molecule has 0 aromatic rings. The lowest BCUT2D eigenvalue weighted by molar-refractivity contribution is -0.114. The zero-order chi connectivity index (χ0) is 18.5. The van der Waals surface area contributed by atoms with Crippen molar-refractivity contribution in [1.29, 1.82) is 0 Å². The van der Waals surface area contributed by atoms with Gasteiger partial charge in [0, 0.05) is 62.8 Å². The first kappa shape index (κ1) is 24.9. The summed E-state index contributed by atoms with van der Waals surface area (Å²) in [5.74, 6) is 1.43. The molecule has 0 amide bonds. The molecule has 0 aliphatic heterocycles. The second-order valence-electron chi connectivity index (χ2n) is 5.47. The highest BCUT2D eigenvalue weighted by Gasteiger charge is 2.32. The van der Waals surface area contributed by atoms with E-state index in [1.165, 1.54) is 0 Å². The van der Waals surface area contributed by atoms with E-state index in [9.17, 15) is 20.4 Å². The Bertz CT molecular complexity index is 268. The zero-order valence-corrected chi connectivity index (χ0v) is 16.6. The van der Waals surface area contributed by atoms with Crippen LogP contribution < -0.4 is 0 Å². The molecule has 0 saturated carbocycles. The standard InChI is InChI=1S/C14H28Cl4N2O4/c15-1-5-19(6-2-16)9-11(21)13(23)14(24)12(22)10-20(7-3-17)8-4-18/h11-14,21-24H,1-10H2/t11-,12+,13-,14+. The third-order valence-corrected chi connectivity index (χ3v) is 4.31. The summed E-state index contributed by atoms with van der Waals surface area (Å²) in [5.41, 5.74) is 0. The molecule has 0 bridgehead atoms. The van der Waals surface area contributed by atoms with Gasteiger partial charge in [0.25, 0.3) is 0 Å². The Morgan fingerprint density at radius 1 is 0.542 bits per heavy atom. The molecule has 10 heteroatoms. The molecule has 0 heterocycles. The van der Waals surface area contributed by atoms with E-state index in [1.807, 2.05) is 0 Å². The molecule has 0 aromatic carbocycles. The van der Waals surface area contributed by atoms with Gasteiger partial charge in [-0.05, 0) is 0 Å². The third kappa shape index (κ3) is 10.2. The SMILES string of the molecule is O[C@H]([C@H](O)[C@H](O)CN(CCCl)CCCl)[C@@H](O)CN(CCCl)CCCl. The van der Waals surface area contributed by atoms with Crippen LogP contribution in [0.4, 0.5) is 0 Å². The fraction of sp³-hybridized carbons (Fsp3) is 1.00. The Morgan fingerprint density at radius 3 is 1.00 bits per heavy atom. The largest absolute Gasteiger partial charge is 0.389 e. The van der Waals surface area contributed by atoms with Crippen molar-refractivity contribution in [1.82, 2.24) is 9.80 Å². The predicted molar refractivity (Wildman–Crippen MR) is 99.8 cm³/mol. The van der Waals surface area contributed by atoms with Gasteiger partial charge in [-0.3, -0.25) is 9.80 Å². The van der Waals surface area contributed by atoms with Crippen LogP contribution in [0.2, 0.25) is 0 Å². The number of hydrogen-bond donors (Lipinski definition) is 4. The molecule has 146 valence electrons. The van der Waals surface area contributed by atoms with Crippen LogP contribution in [-0.4, -0.2) is 117 Å². The summed E-state index contributed by atoms with van der Waals surface area (Å²) in [6.07, 6.45) is -5.48. The predicted octanol–water partition coefficient (Wildman–Crippen LogP) is -0.0108. The number of halogens is 4. The lowest BCUT2D eigenvalue weighted by Gasteiger charge is -2.32. The van der Waals surface area contributed by atoms with Gasteiger partial charge in [-0.2, -0.15) is 0 Å². The number of aliphatic hydroxyl groups is 4. The maximum absolute atomic E-state index is 10.1. The summed E-state index contributed by atoms with van der Waals surface area (Å²) in [6, 6.07) is 0. The Morgan fingerprint density at radius 2 is 0.792 bits per heavy atom. The molecule has 24 heavy (non-hydrogen) atoms. The number of aliphatic hydroxyl groups excluding tert-OH is 4. The molecule has 0 rings (SSSR count). The van der Waals surface area contributed by atoms with Gasteiger partial charge in [0.05, 0.1) is 12.2 Å². The lowest BCUT2D eigenvalue weighted by Crippen LogP contribution is -2.52. The van der Waals surface area contributed by atoms with Crippen LogP contribution in [0.3, 0.4) is 0 Å². The normalized spacial score (nSPS) is 17.2. The van der Waals surface area contributed by atoms with E-state index in [2.05, 4.69) is 0 Å². The smallest absolute Gasteiger partial charge is 0.110 e. The summed E-state index contributed by atoms with van der Waals surface area (Å²) in [4.78, 5) is 3.56. The average Bonchev–Trinajstić information content (AvgIpc) is 2.54. The summed E-state index contributed by atoms with van der Waals surface area (Å²) < 4.78 is 0. The van der Waals surface area contributed by atoms with E-state index in [4.69, 9.17) is 46.4 Å². The zero-order valence-electron chi connectivity index (χ0n) is 13.6. The highest BCUT2D eigenvalue weighted by Crippen LogP contribution is 2.09. The number of nitrogens with zero attached hydrogens (tertiary/aromatic N) is 2. The molecule has 4 N–H and O–H groups in total. The third-order valence-electron chi connectivity index (χ3n) is 3.63. The lowest BCUT2D eigenvalue weighted by atomic mass is 10.0. The van der Waals surface area contributed by atoms with Gasteiger partial charge in [-0.1, -0.05) is 0 Å². The van der Waals surface area contributed by atoms with Gasteiger partial charge in [-0.25, -0.2) is 0 Å². The van der Waals surface area contributed by atoms with Crippen molar-refractivity contribution in [2.24, 2.45) is 0 Å². The maximum atomic E-state index is 10.1. The topological polar surface area (TPSA) is 87.4 Å². The quantitative estimate of drug-likeness (QED) is 0.274. The van der Waals surface area contributed by atoms with Gasteiger partial charge >= 0.3 is 0 Å². The Balaban J connectivity index is 4.55. The average molecular weight is 430 g/mol. The highest BCUT2D eigenvalue weighted by molar-refractivity contribution is 6.18. The Hall–Kier alpha value is 0.920. The number of rotatable bonds is 15. The van der Waals surface area contributed by atoms with Crippen LogP contribution in [0.25, 0.3) is 0 Å². The fourth-order valence-electron chi connectivity index (χ4n) is 2.27. The Kier molecular flexibility index (Phi) is 15.6. The molecule has 0 aliphatic carbocycles.